The monoisotopic (exact) mass is 329 g/mol. The van der Waals surface area contributed by atoms with E-state index in [2.05, 4.69) is 5.32 Å². The lowest BCUT2D eigenvalue weighted by Gasteiger charge is -2.42. The summed E-state index contributed by atoms with van der Waals surface area (Å²) in [7, 11) is 0. The number of anilines is 1. The highest BCUT2D eigenvalue weighted by atomic mass is 19.1. The normalized spacial score (nSPS) is 21.5. The van der Waals surface area contributed by atoms with Crippen molar-refractivity contribution in [3.05, 3.63) is 59.4 Å². The van der Waals surface area contributed by atoms with Gasteiger partial charge in [-0.25, -0.2) is 4.39 Å². The first-order valence-electron chi connectivity index (χ1n) is 7.82. The Bertz CT molecular complexity index is 771. The van der Waals surface area contributed by atoms with Crippen molar-refractivity contribution in [2.45, 2.75) is 38.5 Å². The number of halogens is 1. The van der Waals surface area contributed by atoms with E-state index in [1.807, 2.05) is 0 Å². The number of carbonyl (C=O) groups is 1. The van der Waals surface area contributed by atoms with Crippen LogP contribution in [0.4, 0.5) is 10.1 Å². The molecule has 0 fully saturated rings. The standard InChI is InChI=1S/C19H20FNO3/c1-11(22)12-4-9-16-15(10-12)17(18(23)19(2,3)24-16)21-14-7-5-13(20)6-8-14/h4-10,17-18,21,23H,1-3H3. The maximum absolute atomic E-state index is 13.1. The van der Waals surface area contributed by atoms with E-state index in [9.17, 15) is 14.3 Å². The summed E-state index contributed by atoms with van der Waals surface area (Å²) in [6.07, 6.45) is -0.850. The first-order chi connectivity index (χ1) is 11.3. The number of fused-ring (bicyclic) bond motifs is 1. The van der Waals surface area contributed by atoms with E-state index in [4.69, 9.17) is 4.74 Å². The fourth-order valence-corrected chi connectivity index (χ4v) is 2.90. The van der Waals surface area contributed by atoms with Crippen molar-refractivity contribution in [2.75, 3.05) is 5.32 Å². The number of ketones is 1. The first kappa shape index (κ1) is 16.5. The van der Waals surface area contributed by atoms with Gasteiger partial charge >= 0.3 is 0 Å². The minimum absolute atomic E-state index is 0.0577. The third-order valence-electron chi connectivity index (χ3n) is 4.32. The summed E-state index contributed by atoms with van der Waals surface area (Å²) in [5.74, 6) is 0.236. The quantitative estimate of drug-likeness (QED) is 0.843. The molecule has 126 valence electrons. The van der Waals surface area contributed by atoms with Crippen molar-refractivity contribution in [1.82, 2.24) is 0 Å². The molecule has 0 saturated carbocycles. The summed E-state index contributed by atoms with van der Waals surface area (Å²) in [6.45, 7) is 5.10. The molecule has 0 saturated heterocycles. The van der Waals surface area contributed by atoms with E-state index < -0.39 is 17.7 Å². The smallest absolute Gasteiger partial charge is 0.159 e. The van der Waals surface area contributed by atoms with E-state index in [-0.39, 0.29) is 11.6 Å². The van der Waals surface area contributed by atoms with Crippen LogP contribution in [0.3, 0.4) is 0 Å². The maximum atomic E-state index is 13.1. The molecule has 2 aromatic rings. The van der Waals surface area contributed by atoms with Crippen molar-refractivity contribution in [3.8, 4) is 5.75 Å². The molecule has 4 nitrogen and oxygen atoms in total. The summed E-state index contributed by atoms with van der Waals surface area (Å²) in [5, 5.41) is 14.0. The first-order valence-corrected chi connectivity index (χ1v) is 7.82. The van der Waals surface area contributed by atoms with Gasteiger partial charge in [-0.2, -0.15) is 0 Å². The molecule has 1 aliphatic heterocycles. The lowest BCUT2D eigenvalue weighted by atomic mass is 9.85. The minimum atomic E-state index is -0.850. The maximum Gasteiger partial charge on any atom is 0.159 e. The molecule has 0 aliphatic carbocycles. The fraction of sp³-hybridized carbons (Fsp3) is 0.316. The van der Waals surface area contributed by atoms with Gasteiger partial charge < -0.3 is 15.2 Å². The van der Waals surface area contributed by atoms with Gasteiger partial charge in [-0.3, -0.25) is 4.79 Å². The van der Waals surface area contributed by atoms with E-state index >= 15 is 0 Å². The van der Waals surface area contributed by atoms with Crippen LogP contribution in [0.2, 0.25) is 0 Å². The Kier molecular flexibility index (Phi) is 4.05. The highest BCUT2D eigenvalue weighted by molar-refractivity contribution is 5.94. The predicted molar refractivity (Wildman–Crippen MR) is 89.9 cm³/mol. The van der Waals surface area contributed by atoms with Crippen LogP contribution in [0.1, 0.15) is 42.7 Å². The molecule has 2 N–H and O–H groups in total. The summed E-state index contributed by atoms with van der Waals surface area (Å²) in [5.41, 5.74) is 1.13. The zero-order chi connectivity index (χ0) is 17.5. The number of hydrogen-bond donors (Lipinski definition) is 2. The summed E-state index contributed by atoms with van der Waals surface area (Å²) >= 11 is 0. The van der Waals surface area contributed by atoms with E-state index in [0.717, 1.165) is 0 Å². The lowest BCUT2D eigenvalue weighted by molar-refractivity contribution is -0.0532. The number of rotatable bonds is 3. The number of nitrogens with one attached hydrogen (secondary N) is 1. The summed E-state index contributed by atoms with van der Waals surface area (Å²) in [6, 6.07) is 10.6. The van der Waals surface area contributed by atoms with Gasteiger partial charge in [-0.15, -0.1) is 0 Å². The van der Waals surface area contributed by atoms with Crippen LogP contribution in [0, 0.1) is 5.82 Å². The second-order valence-electron chi connectivity index (χ2n) is 6.59. The van der Waals surface area contributed by atoms with Gasteiger partial charge in [0.2, 0.25) is 0 Å². The third-order valence-corrected chi connectivity index (χ3v) is 4.32. The van der Waals surface area contributed by atoms with Crippen molar-refractivity contribution < 1.29 is 19.0 Å². The van der Waals surface area contributed by atoms with Crippen LogP contribution in [0.5, 0.6) is 5.75 Å². The Hall–Kier alpha value is -2.40. The molecule has 1 heterocycles. The van der Waals surface area contributed by atoms with Crippen molar-refractivity contribution in [1.29, 1.82) is 0 Å². The highest BCUT2D eigenvalue weighted by Crippen LogP contribution is 2.41. The highest BCUT2D eigenvalue weighted by Gasteiger charge is 2.43. The van der Waals surface area contributed by atoms with Crippen LogP contribution in [-0.2, 0) is 0 Å². The molecule has 3 rings (SSSR count). The summed E-state index contributed by atoms with van der Waals surface area (Å²) in [4.78, 5) is 11.7. The number of aliphatic hydroxyl groups excluding tert-OH is 1. The number of aliphatic hydroxyl groups is 1. The van der Waals surface area contributed by atoms with Crippen molar-refractivity contribution >= 4 is 11.5 Å². The Labute approximate surface area is 140 Å². The Morgan fingerprint density at radius 1 is 1.21 bits per heavy atom. The number of carbonyl (C=O) groups excluding carboxylic acids is 1. The molecule has 0 bridgehead atoms. The molecular weight excluding hydrogens is 309 g/mol. The van der Waals surface area contributed by atoms with Crippen molar-refractivity contribution in [3.63, 3.8) is 0 Å². The molecule has 1 aliphatic rings. The number of hydrogen-bond acceptors (Lipinski definition) is 4. The van der Waals surface area contributed by atoms with Crippen LogP contribution in [0.25, 0.3) is 0 Å². The van der Waals surface area contributed by atoms with Gasteiger partial charge in [-0.05, 0) is 63.2 Å². The third kappa shape index (κ3) is 2.99. The molecule has 2 unspecified atom stereocenters. The van der Waals surface area contributed by atoms with Gasteiger partial charge in [0.1, 0.15) is 23.3 Å². The Morgan fingerprint density at radius 3 is 2.50 bits per heavy atom. The second kappa shape index (κ2) is 5.91. The molecular formula is C19H20FNO3. The summed E-state index contributed by atoms with van der Waals surface area (Å²) < 4.78 is 19.0. The van der Waals surface area contributed by atoms with E-state index in [1.165, 1.54) is 19.1 Å². The molecule has 2 aromatic carbocycles. The van der Waals surface area contributed by atoms with E-state index in [1.54, 1.807) is 44.2 Å². The topological polar surface area (TPSA) is 58.6 Å². The molecule has 2 atom stereocenters. The minimum Gasteiger partial charge on any atom is -0.485 e. The van der Waals surface area contributed by atoms with Gasteiger partial charge in [-0.1, -0.05) is 0 Å². The van der Waals surface area contributed by atoms with Crippen LogP contribution < -0.4 is 10.1 Å². The molecule has 0 spiro atoms. The zero-order valence-electron chi connectivity index (χ0n) is 13.8. The van der Waals surface area contributed by atoms with Crippen molar-refractivity contribution in [2.24, 2.45) is 0 Å². The molecule has 5 heteroatoms. The lowest BCUT2D eigenvalue weighted by Crippen LogP contribution is -2.50. The van der Waals surface area contributed by atoms with Gasteiger partial charge in [0, 0.05) is 16.8 Å². The second-order valence-corrected chi connectivity index (χ2v) is 6.59. The van der Waals surface area contributed by atoms with Crippen LogP contribution in [-0.4, -0.2) is 22.6 Å². The van der Waals surface area contributed by atoms with Gasteiger partial charge in [0.05, 0.1) is 6.04 Å². The average molecular weight is 329 g/mol. The zero-order valence-corrected chi connectivity index (χ0v) is 13.8. The fourth-order valence-electron chi connectivity index (χ4n) is 2.90. The number of benzene rings is 2. The molecule has 0 aromatic heterocycles. The van der Waals surface area contributed by atoms with Crippen LogP contribution >= 0.6 is 0 Å². The number of ether oxygens (including phenoxy) is 1. The molecule has 24 heavy (non-hydrogen) atoms. The van der Waals surface area contributed by atoms with Gasteiger partial charge in [0.25, 0.3) is 0 Å². The number of Topliss-reactive ketones (excluding diaryl/α,β-unsaturated/α-hetero) is 1. The largest absolute Gasteiger partial charge is 0.485 e. The molecule has 0 amide bonds. The van der Waals surface area contributed by atoms with Crippen LogP contribution in [0.15, 0.2) is 42.5 Å². The van der Waals surface area contributed by atoms with E-state index in [0.29, 0.717) is 22.6 Å². The SMILES string of the molecule is CC(=O)c1ccc2c(c1)C(Nc1ccc(F)cc1)C(O)C(C)(C)O2. The van der Waals surface area contributed by atoms with Gasteiger partial charge in [0.15, 0.2) is 5.78 Å². The average Bonchev–Trinajstić information content (AvgIpc) is 2.53. The predicted octanol–water partition coefficient (Wildman–Crippen LogP) is 3.71. The molecule has 0 radical (unpaired) electrons. The Balaban J connectivity index is 2.04. The Morgan fingerprint density at radius 2 is 1.88 bits per heavy atom.